The molecule has 2 rings (SSSR count). The Balaban J connectivity index is 2.06. The average molecular weight is 293 g/mol. The fourth-order valence-electron chi connectivity index (χ4n) is 3.23. The summed E-state index contributed by atoms with van der Waals surface area (Å²) in [4.78, 5) is 0. The molecule has 0 amide bonds. The third kappa shape index (κ3) is 4.79. The Labute approximate surface area is 128 Å². The van der Waals surface area contributed by atoms with Gasteiger partial charge in [-0.1, -0.05) is 45.2 Å². The Bertz CT molecular complexity index is 406. The lowest BCUT2D eigenvalue weighted by Crippen LogP contribution is -2.32. The van der Waals surface area contributed by atoms with Crippen LogP contribution in [-0.4, -0.2) is 19.2 Å². The van der Waals surface area contributed by atoms with Gasteiger partial charge in [-0.05, 0) is 43.0 Å². The minimum absolute atomic E-state index is 0.0164. The second-order valence-electron chi connectivity index (χ2n) is 5.98. The van der Waals surface area contributed by atoms with Crippen molar-refractivity contribution in [2.24, 2.45) is 5.92 Å². The highest BCUT2D eigenvalue weighted by molar-refractivity contribution is 5.19. The van der Waals surface area contributed by atoms with Gasteiger partial charge in [-0.3, -0.25) is 0 Å². The van der Waals surface area contributed by atoms with E-state index in [1.54, 1.807) is 0 Å². The molecule has 1 aliphatic rings. The molecule has 0 radical (unpaired) electrons. The molecule has 0 bridgehead atoms. The van der Waals surface area contributed by atoms with Crippen molar-refractivity contribution in [3.05, 3.63) is 35.6 Å². The fourth-order valence-corrected chi connectivity index (χ4v) is 3.23. The van der Waals surface area contributed by atoms with E-state index in [1.807, 2.05) is 12.1 Å². The summed E-state index contributed by atoms with van der Waals surface area (Å²) < 4.78 is 19.6. The standard InChI is InChI=1S/C18H28FNO/c1-3-14-7-5-6-8-17(14)21-18(13-20-4-2)15-9-11-16(19)12-10-15/h9-12,14,17-18,20H,3-8,13H2,1-2H3. The van der Waals surface area contributed by atoms with Crippen LogP contribution >= 0.6 is 0 Å². The molecule has 3 atom stereocenters. The average Bonchev–Trinajstić information content (AvgIpc) is 2.52. The molecule has 21 heavy (non-hydrogen) atoms. The maximum atomic E-state index is 13.1. The molecule has 1 saturated carbocycles. The lowest BCUT2D eigenvalue weighted by Gasteiger charge is -2.34. The van der Waals surface area contributed by atoms with Crippen molar-refractivity contribution in [1.29, 1.82) is 0 Å². The molecule has 0 aromatic heterocycles. The Morgan fingerprint density at radius 2 is 1.90 bits per heavy atom. The third-order valence-electron chi connectivity index (χ3n) is 4.52. The minimum Gasteiger partial charge on any atom is -0.369 e. The molecular weight excluding hydrogens is 265 g/mol. The number of rotatable bonds is 7. The van der Waals surface area contributed by atoms with E-state index in [4.69, 9.17) is 4.74 Å². The summed E-state index contributed by atoms with van der Waals surface area (Å²) in [7, 11) is 0. The van der Waals surface area contributed by atoms with E-state index in [0.29, 0.717) is 12.0 Å². The molecule has 1 aromatic carbocycles. The van der Waals surface area contributed by atoms with Gasteiger partial charge in [-0.2, -0.15) is 0 Å². The van der Waals surface area contributed by atoms with Gasteiger partial charge in [-0.15, -0.1) is 0 Å². The van der Waals surface area contributed by atoms with E-state index in [0.717, 1.165) is 25.1 Å². The summed E-state index contributed by atoms with van der Waals surface area (Å²) in [5, 5.41) is 3.37. The number of benzene rings is 1. The molecule has 0 spiro atoms. The van der Waals surface area contributed by atoms with Gasteiger partial charge >= 0.3 is 0 Å². The van der Waals surface area contributed by atoms with Crippen molar-refractivity contribution in [3.8, 4) is 0 Å². The maximum Gasteiger partial charge on any atom is 0.123 e. The van der Waals surface area contributed by atoms with Gasteiger partial charge < -0.3 is 10.1 Å². The van der Waals surface area contributed by atoms with Gasteiger partial charge in [0.2, 0.25) is 0 Å². The lowest BCUT2D eigenvalue weighted by atomic mass is 9.84. The number of ether oxygens (including phenoxy) is 1. The summed E-state index contributed by atoms with van der Waals surface area (Å²) in [5.41, 5.74) is 1.07. The van der Waals surface area contributed by atoms with Crippen LogP contribution < -0.4 is 5.32 Å². The van der Waals surface area contributed by atoms with E-state index in [9.17, 15) is 4.39 Å². The topological polar surface area (TPSA) is 21.3 Å². The molecule has 118 valence electrons. The Morgan fingerprint density at radius 3 is 2.57 bits per heavy atom. The molecule has 2 nitrogen and oxygen atoms in total. The first-order valence-electron chi connectivity index (χ1n) is 8.36. The van der Waals surface area contributed by atoms with Gasteiger partial charge in [0.05, 0.1) is 12.2 Å². The molecule has 3 heteroatoms. The summed E-state index contributed by atoms with van der Waals surface area (Å²) in [6.45, 7) is 6.05. The first-order valence-corrected chi connectivity index (χ1v) is 8.36. The fraction of sp³-hybridized carbons (Fsp3) is 0.667. The normalized spacial score (nSPS) is 24.0. The molecule has 1 aromatic rings. The summed E-state index contributed by atoms with van der Waals surface area (Å²) >= 11 is 0. The lowest BCUT2D eigenvalue weighted by molar-refractivity contribution is -0.0614. The number of hydrogen-bond acceptors (Lipinski definition) is 2. The molecule has 1 fully saturated rings. The van der Waals surface area contributed by atoms with Crippen LogP contribution in [0.1, 0.15) is 57.6 Å². The minimum atomic E-state index is -0.190. The van der Waals surface area contributed by atoms with E-state index in [-0.39, 0.29) is 11.9 Å². The maximum absolute atomic E-state index is 13.1. The summed E-state index contributed by atoms with van der Waals surface area (Å²) in [6, 6.07) is 6.74. The summed E-state index contributed by atoms with van der Waals surface area (Å²) in [6.07, 6.45) is 6.56. The van der Waals surface area contributed by atoms with Crippen LogP contribution in [-0.2, 0) is 4.74 Å². The number of halogens is 1. The Hall–Kier alpha value is -0.930. The monoisotopic (exact) mass is 293 g/mol. The summed E-state index contributed by atoms with van der Waals surface area (Å²) in [5.74, 6) is 0.480. The van der Waals surface area contributed by atoms with Gasteiger partial charge in [0.1, 0.15) is 5.82 Å². The van der Waals surface area contributed by atoms with E-state index in [1.165, 1.54) is 37.8 Å². The van der Waals surface area contributed by atoms with Crippen molar-refractivity contribution in [1.82, 2.24) is 5.32 Å². The smallest absolute Gasteiger partial charge is 0.123 e. The van der Waals surface area contributed by atoms with Crippen molar-refractivity contribution >= 4 is 0 Å². The predicted molar refractivity (Wildman–Crippen MR) is 84.8 cm³/mol. The van der Waals surface area contributed by atoms with Crippen LogP contribution in [0.2, 0.25) is 0 Å². The van der Waals surface area contributed by atoms with Gasteiger partial charge in [0, 0.05) is 6.54 Å². The van der Waals surface area contributed by atoms with Gasteiger partial charge in [0.25, 0.3) is 0 Å². The van der Waals surface area contributed by atoms with Crippen molar-refractivity contribution in [3.63, 3.8) is 0 Å². The molecule has 1 aliphatic carbocycles. The quantitative estimate of drug-likeness (QED) is 0.801. The number of hydrogen-bond donors (Lipinski definition) is 1. The highest BCUT2D eigenvalue weighted by Crippen LogP contribution is 2.32. The van der Waals surface area contributed by atoms with Gasteiger partial charge in [-0.25, -0.2) is 4.39 Å². The van der Waals surface area contributed by atoms with E-state index < -0.39 is 0 Å². The Morgan fingerprint density at radius 1 is 1.19 bits per heavy atom. The molecule has 3 unspecified atom stereocenters. The van der Waals surface area contributed by atoms with Crippen LogP contribution in [0.4, 0.5) is 4.39 Å². The second kappa shape index (κ2) is 8.50. The van der Waals surface area contributed by atoms with Gasteiger partial charge in [0.15, 0.2) is 0 Å². The predicted octanol–water partition coefficient (Wildman–Crippen LogP) is 4.46. The molecule has 1 N–H and O–H groups in total. The Kier molecular flexibility index (Phi) is 6.65. The number of nitrogens with one attached hydrogen (secondary N) is 1. The second-order valence-corrected chi connectivity index (χ2v) is 5.98. The zero-order chi connectivity index (χ0) is 15.1. The van der Waals surface area contributed by atoms with E-state index >= 15 is 0 Å². The van der Waals surface area contributed by atoms with Crippen molar-refractivity contribution in [2.75, 3.05) is 13.1 Å². The van der Waals surface area contributed by atoms with Crippen molar-refractivity contribution in [2.45, 2.75) is 58.2 Å². The zero-order valence-electron chi connectivity index (χ0n) is 13.3. The molecule has 0 aliphatic heterocycles. The van der Waals surface area contributed by atoms with Crippen LogP contribution in [0, 0.1) is 11.7 Å². The molecule has 0 saturated heterocycles. The SMILES string of the molecule is CCNCC(OC1CCCCC1CC)c1ccc(F)cc1. The molecular formula is C18H28FNO. The van der Waals surface area contributed by atoms with Crippen LogP contribution in [0.15, 0.2) is 24.3 Å². The largest absolute Gasteiger partial charge is 0.369 e. The number of likely N-dealkylation sites (N-methyl/N-ethyl adjacent to an activating group) is 1. The first-order chi connectivity index (χ1) is 10.2. The van der Waals surface area contributed by atoms with Crippen LogP contribution in [0.3, 0.4) is 0 Å². The first kappa shape index (κ1) is 16.4. The highest BCUT2D eigenvalue weighted by Gasteiger charge is 2.27. The molecule has 0 heterocycles. The van der Waals surface area contributed by atoms with Crippen molar-refractivity contribution < 1.29 is 9.13 Å². The zero-order valence-corrected chi connectivity index (χ0v) is 13.3. The highest BCUT2D eigenvalue weighted by atomic mass is 19.1. The third-order valence-corrected chi connectivity index (χ3v) is 4.52. The van der Waals surface area contributed by atoms with Crippen LogP contribution in [0.25, 0.3) is 0 Å². The van der Waals surface area contributed by atoms with Crippen LogP contribution in [0.5, 0.6) is 0 Å². The van der Waals surface area contributed by atoms with E-state index in [2.05, 4.69) is 19.2 Å².